The molecule has 4 nitrogen and oxygen atoms in total. The Hall–Kier alpha value is -1.01. The van der Waals surface area contributed by atoms with E-state index in [9.17, 15) is 4.79 Å². The molecule has 1 aromatic heterocycles. The van der Waals surface area contributed by atoms with Crippen LogP contribution >= 0.6 is 23.6 Å². The zero-order valence-electron chi connectivity index (χ0n) is 8.24. The van der Waals surface area contributed by atoms with Gasteiger partial charge in [-0.25, -0.2) is 4.98 Å². The monoisotopic (exact) mass is 241 g/mol. The van der Waals surface area contributed by atoms with Crippen LogP contribution in [-0.2, 0) is 4.79 Å². The quantitative estimate of drug-likeness (QED) is 0.773. The molecule has 1 heterocycles. The van der Waals surface area contributed by atoms with E-state index in [0.717, 1.165) is 18.5 Å². The largest absolute Gasteiger partial charge is 0.308 e. The molecule has 1 aliphatic carbocycles. The second kappa shape index (κ2) is 4.24. The van der Waals surface area contributed by atoms with Crippen LogP contribution in [-0.4, -0.2) is 16.0 Å². The fraction of sp³-hybridized carbons (Fsp3) is 0.444. The van der Waals surface area contributed by atoms with Crippen molar-refractivity contribution in [3.63, 3.8) is 0 Å². The summed E-state index contributed by atoms with van der Waals surface area (Å²) in [5, 5.41) is 8.51. The molecule has 80 valence electrons. The molecule has 2 N–H and O–H groups in total. The Balaban J connectivity index is 1.84. The highest BCUT2D eigenvalue weighted by molar-refractivity contribution is 7.80. The van der Waals surface area contributed by atoms with Crippen LogP contribution in [0.25, 0.3) is 0 Å². The van der Waals surface area contributed by atoms with E-state index in [2.05, 4.69) is 15.6 Å². The first-order chi connectivity index (χ1) is 7.15. The van der Waals surface area contributed by atoms with E-state index in [-0.39, 0.29) is 11.8 Å². The third-order valence-electron chi connectivity index (χ3n) is 2.02. The number of aromatic nitrogens is 1. The molecule has 0 radical (unpaired) electrons. The molecular formula is C9H11N3OS2. The van der Waals surface area contributed by atoms with Crippen LogP contribution in [0, 0.1) is 12.8 Å². The van der Waals surface area contributed by atoms with E-state index in [1.165, 1.54) is 11.3 Å². The highest BCUT2D eigenvalue weighted by Gasteiger charge is 2.30. The number of thiocarbonyl (C=S) groups is 1. The molecule has 0 aromatic carbocycles. The van der Waals surface area contributed by atoms with Gasteiger partial charge in [-0.1, -0.05) is 0 Å². The maximum atomic E-state index is 11.4. The van der Waals surface area contributed by atoms with Crippen LogP contribution < -0.4 is 10.6 Å². The summed E-state index contributed by atoms with van der Waals surface area (Å²) in [5.41, 5.74) is 0.943. The van der Waals surface area contributed by atoms with Gasteiger partial charge in [0.15, 0.2) is 10.2 Å². The molecule has 15 heavy (non-hydrogen) atoms. The van der Waals surface area contributed by atoms with Crippen molar-refractivity contribution < 1.29 is 4.79 Å². The number of carbonyl (C=O) groups is 1. The van der Waals surface area contributed by atoms with E-state index in [0.29, 0.717) is 10.2 Å². The molecular weight excluding hydrogens is 230 g/mol. The zero-order chi connectivity index (χ0) is 10.8. The van der Waals surface area contributed by atoms with Gasteiger partial charge in [0.1, 0.15) is 0 Å². The SMILES string of the molecule is Cc1csc(NC(=S)NC(=O)C2CC2)n1. The van der Waals surface area contributed by atoms with Crippen molar-refractivity contribution >= 4 is 39.7 Å². The molecule has 1 saturated carbocycles. The van der Waals surface area contributed by atoms with Crippen molar-refractivity contribution in [2.24, 2.45) is 5.92 Å². The van der Waals surface area contributed by atoms with E-state index < -0.39 is 0 Å². The summed E-state index contributed by atoms with van der Waals surface area (Å²) in [6.07, 6.45) is 1.95. The Morgan fingerprint density at radius 3 is 2.93 bits per heavy atom. The number of carbonyl (C=O) groups excluding carboxylic acids is 1. The Bertz CT molecular complexity index is 398. The van der Waals surface area contributed by atoms with Crippen molar-refractivity contribution in [1.82, 2.24) is 10.3 Å². The fourth-order valence-corrected chi connectivity index (χ4v) is 2.05. The van der Waals surface area contributed by atoms with Gasteiger partial charge in [0.25, 0.3) is 0 Å². The Morgan fingerprint density at radius 1 is 1.67 bits per heavy atom. The number of hydrogen-bond donors (Lipinski definition) is 2. The van der Waals surface area contributed by atoms with Gasteiger partial charge in [0.05, 0.1) is 5.69 Å². The normalized spacial score (nSPS) is 14.7. The predicted molar refractivity (Wildman–Crippen MR) is 63.9 cm³/mol. The minimum Gasteiger partial charge on any atom is -0.308 e. The number of hydrogen-bond acceptors (Lipinski definition) is 4. The summed E-state index contributed by atoms with van der Waals surface area (Å²) in [5.74, 6) is 0.184. The van der Waals surface area contributed by atoms with Gasteiger partial charge in [0, 0.05) is 11.3 Å². The van der Waals surface area contributed by atoms with E-state index in [1.807, 2.05) is 12.3 Å². The van der Waals surface area contributed by atoms with Gasteiger partial charge < -0.3 is 10.6 Å². The summed E-state index contributed by atoms with van der Waals surface area (Å²) >= 11 is 6.46. The van der Waals surface area contributed by atoms with Gasteiger partial charge in [-0.15, -0.1) is 11.3 Å². The first kappa shape index (κ1) is 10.5. The van der Waals surface area contributed by atoms with E-state index >= 15 is 0 Å². The molecule has 0 bridgehead atoms. The predicted octanol–water partition coefficient (Wildman–Crippen LogP) is 1.67. The molecule has 0 unspecified atom stereocenters. The molecule has 2 rings (SSSR count). The highest BCUT2D eigenvalue weighted by atomic mass is 32.1. The second-order valence-electron chi connectivity index (χ2n) is 3.51. The minimum atomic E-state index is 0.0146. The Kier molecular flexibility index (Phi) is 2.97. The number of rotatable bonds is 2. The minimum absolute atomic E-state index is 0.0146. The van der Waals surface area contributed by atoms with Gasteiger partial charge in [-0.2, -0.15) is 0 Å². The molecule has 0 spiro atoms. The fourth-order valence-electron chi connectivity index (χ4n) is 1.10. The smallest absolute Gasteiger partial charge is 0.229 e. The van der Waals surface area contributed by atoms with Crippen LogP contribution in [0.1, 0.15) is 18.5 Å². The van der Waals surface area contributed by atoms with Gasteiger partial charge >= 0.3 is 0 Å². The molecule has 0 saturated heterocycles. The number of nitrogens with zero attached hydrogens (tertiary/aromatic N) is 1. The average Bonchev–Trinajstić information content (AvgIpc) is 2.92. The molecule has 1 fully saturated rings. The van der Waals surface area contributed by atoms with Crippen molar-refractivity contribution in [3.05, 3.63) is 11.1 Å². The van der Waals surface area contributed by atoms with Crippen LogP contribution in [0.4, 0.5) is 5.13 Å². The molecule has 1 aliphatic rings. The summed E-state index contributed by atoms with van der Waals surface area (Å²) in [7, 11) is 0. The van der Waals surface area contributed by atoms with Crippen LogP contribution in [0.3, 0.4) is 0 Å². The lowest BCUT2D eigenvalue weighted by Gasteiger charge is -2.05. The molecule has 0 atom stereocenters. The Morgan fingerprint density at radius 2 is 2.40 bits per heavy atom. The third kappa shape index (κ3) is 2.97. The maximum Gasteiger partial charge on any atom is 0.229 e. The summed E-state index contributed by atoms with van der Waals surface area (Å²) in [6.45, 7) is 1.91. The third-order valence-corrected chi connectivity index (χ3v) is 3.10. The second-order valence-corrected chi connectivity index (χ2v) is 4.78. The molecule has 1 amide bonds. The zero-order valence-corrected chi connectivity index (χ0v) is 9.87. The molecule has 0 aliphatic heterocycles. The lowest BCUT2D eigenvalue weighted by atomic mass is 10.4. The number of nitrogens with one attached hydrogen (secondary N) is 2. The van der Waals surface area contributed by atoms with E-state index in [4.69, 9.17) is 12.2 Å². The number of thiazole rings is 1. The van der Waals surface area contributed by atoms with Gasteiger partial charge in [-0.3, -0.25) is 4.79 Å². The average molecular weight is 241 g/mol. The van der Waals surface area contributed by atoms with E-state index in [1.54, 1.807) is 0 Å². The number of anilines is 1. The van der Waals surface area contributed by atoms with Crippen LogP contribution in [0.15, 0.2) is 5.38 Å². The molecule has 6 heteroatoms. The van der Waals surface area contributed by atoms with Crippen LogP contribution in [0.5, 0.6) is 0 Å². The van der Waals surface area contributed by atoms with Crippen molar-refractivity contribution in [3.8, 4) is 0 Å². The Labute approximate surface area is 97.1 Å². The first-order valence-electron chi connectivity index (χ1n) is 4.69. The molecule has 1 aromatic rings. The maximum absolute atomic E-state index is 11.4. The lowest BCUT2D eigenvalue weighted by Crippen LogP contribution is -2.35. The van der Waals surface area contributed by atoms with Crippen molar-refractivity contribution in [2.75, 3.05) is 5.32 Å². The number of amides is 1. The lowest BCUT2D eigenvalue weighted by molar-refractivity contribution is -0.120. The van der Waals surface area contributed by atoms with Crippen molar-refractivity contribution in [1.29, 1.82) is 0 Å². The van der Waals surface area contributed by atoms with Gasteiger partial charge in [-0.05, 0) is 32.0 Å². The van der Waals surface area contributed by atoms with Crippen LogP contribution in [0.2, 0.25) is 0 Å². The summed E-state index contributed by atoms with van der Waals surface area (Å²) in [4.78, 5) is 15.5. The summed E-state index contributed by atoms with van der Waals surface area (Å²) in [6, 6.07) is 0. The van der Waals surface area contributed by atoms with Crippen molar-refractivity contribution in [2.45, 2.75) is 19.8 Å². The highest BCUT2D eigenvalue weighted by Crippen LogP contribution is 2.28. The standard InChI is InChI=1S/C9H11N3OS2/c1-5-4-15-9(10-5)12-8(14)11-7(13)6-2-3-6/h4,6H,2-3H2,1H3,(H2,10,11,12,13,14). The number of aryl methyl sites for hydroxylation is 1. The topological polar surface area (TPSA) is 54.0 Å². The van der Waals surface area contributed by atoms with Gasteiger partial charge in [0.2, 0.25) is 5.91 Å². The summed E-state index contributed by atoms with van der Waals surface area (Å²) < 4.78 is 0. The first-order valence-corrected chi connectivity index (χ1v) is 5.98.